The van der Waals surface area contributed by atoms with Crippen molar-refractivity contribution in [3.05, 3.63) is 42.4 Å². The smallest absolute Gasteiger partial charge is 0.220 e. The lowest BCUT2D eigenvalue weighted by Gasteiger charge is -2.28. The number of amides is 1. The molecule has 0 aliphatic carbocycles. The molecule has 2 aromatic rings. The van der Waals surface area contributed by atoms with Gasteiger partial charge in [0.25, 0.3) is 0 Å². The number of nitrogens with zero attached hydrogens (tertiary/aromatic N) is 1. The summed E-state index contributed by atoms with van der Waals surface area (Å²) in [5, 5.41) is 6.49. The molecular weight excluding hydrogens is 361 g/mol. The summed E-state index contributed by atoms with van der Waals surface area (Å²) in [5.41, 5.74) is 0.999. The molecule has 0 bridgehead atoms. The molecule has 7 heteroatoms. The zero-order valence-corrected chi connectivity index (χ0v) is 15.9. The molecule has 2 N–H and O–H groups in total. The second-order valence-electron chi connectivity index (χ2n) is 6.13. The van der Waals surface area contributed by atoms with Gasteiger partial charge < -0.3 is 15.1 Å². The van der Waals surface area contributed by atoms with Crippen LogP contribution in [0.15, 0.2) is 40.9 Å². The Kier molecular flexibility index (Phi) is 8.97. The van der Waals surface area contributed by atoms with Crippen molar-refractivity contribution in [3.8, 4) is 11.3 Å². The van der Waals surface area contributed by atoms with E-state index in [1.165, 1.54) is 0 Å². The van der Waals surface area contributed by atoms with Crippen LogP contribution >= 0.6 is 24.8 Å². The zero-order valence-electron chi connectivity index (χ0n) is 14.2. The van der Waals surface area contributed by atoms with E-state index in [1.54, 1.807) is 6.20 Å². The highest BCUT2D eigenvalue weighted by Gasteiger charge is 2.20. The number of carbonyl (C=O) groups excluding carboxylic acids is 1. The molecule has 1 aromatic heterocycles. The number of hydrogen-bond donors (Lipinski definition) is 2. The summed E-state index contributed by atoms with van der Waals surface area (Å²) in [6.45, 7) is 3.11. The molecule has 3 rings (SSSR count). The number of aromatic nitrogens is 1. The fourth-order valence-corrected chi connectivity index (χ4v) is 2.95. The lowest BCUT2D eigenvalue weighted by molar-refractivity contribution is -0.122. The number of aryl methyl sites for hydroxylation is 1. The predicted octanol–water partition coefficient (Wildman–Crippen LogP) is 3.37. The van der Waals surface area contributed by atoms with Crippen LogP contribution in [0.5, 0.6) is 0 Å². The third-order valence-electron chi connectivity index (χ3n) is 4.17. The summed E-state index contributed by atoms with van der Waals surface area (Å²) in [5.74, 6) is 1.43. The van der Waals surface area contributed by atoms with Crippen molar-refractivity contribution >= 4 is 30.7 Å². The second kappa shape index (κ2) is 10.4. The molecule has 0 spiro atoms. The minimum atomic E-state index is 0. The molecule has 0 radical (unpaired) electrons. The lowest BCUT2D eigenvalue weighted by Crippen LogP contribution is -2.46. The highest BCUT2D eigenvalue weighted by atomic mass is 35.5. The monoisotopic (exact) mass is 385 g/mol. The molecule has 2 atom stereocenters. The fraction of sp³-hybridized carbons (Fsp3) is 0.444. The number of piperidine rings is 1. The molecule has 1 saturated heterocycles. The Morgan fingerprint density at radius 2 is 2.08 bits per heavy atom. The first-order valence-corrected chi connectivity index (χ1v) is 8.23. The van der Waals surface area contributed by atoms with Gasteiger partial charge in [0.1, 0.15) is 0 Å². The molecule has 138 valence electrons. The maximum Gasteiger partial charge on any atom is 0.220 e. The first-order valence-electron chi connectivity index (χ1n) is 8.23. The van der Waals surface area contributed by atoms with E-state index < -0.39 is 0 Å². The first kappa shape index (κ1) is 21.5. The highest BCUT2D eigenvalue weighted by Crippen LogP contribution is 2.20. The third-order valence-corrected chi connectivity index (χ3v) is 4.17. The normalized spacial score (nSPS) is 19.4. The molecule has 1 aliphatic rings. The summed E-state index contributed by atoms with van der Waals surface area (Å²) in [6, 6.07) is 10.6. The van der Waals surface area contributed by atoms with Gasteiger partial charge in [0.05, 0.1) is 6.20 Å². The van der Waals surface area contributed by atoms with Crippen LogP contribution in [0.4, 0.5) is 0 Å². The van der Waals surface area contributed by atoms with Crippen molar-refractivity contribution in [1.82, 2.24) is 15.6 Å². The van der Waals surface area contributed by atoms with Gasteiger partial charge in [-0.25, -0.2) is 4.98 Å². The molecule has 0 saturated carbocycles. The van der Waals surface area contributed by atoms with Crippen molar-refractivity contribution in [2.45, 2.75) is 44.7 Å². The summed E-state index contributed by atoms with van der Waals surface area (Å²) in [4.78, 5) is 16.3. The van der Waals surface area contributed by atoms with Crippen LogP contribution in [0, 0.1) is 0 Å². The molecule has 5 nitrogen and oxygen atoms in total. The molecule has 2 heterocycles. The standard InChI is InChI=1S/C18H23N3O2.2ClH/c1-13-11-15(9-10-19-13)21-17(22)7-8-18-20-12-16(23-18)14-5-3-2-4-6-14;;/h2-6,12-13,15,19H,7-11H2,1H3,(H,21,22);2*1H. The Labute approximate surface area is 160 Å². The molecule has 1 aliphatic heterocycles. The van der Waals surface area contributed by atoms with E-state index in [-0.39, 0.29) is 36.8 Å². The fourth-order valence-electron chi connectivity index (χ4n) is 2.95. The third kappa shape index (κ3) is 6.34. The largest absolute Gasteiger partial charge is 0.441 e. The lowest BCUT2D eigenvalue weighted by atomic mass is 10.0. The Bertz CT molecular complexity index is 649. The molecule has 2 unspecified atom stereocenters. The number of carbonyl (C=O) groups is 1. The number of oxazole rings is 1. The molecule has 25 heavy (non-hydrogen) atoms. The van der Waals surface area contributed by atoms with Crippen molar-refractivity contribution < 1.29 is 9.21 Å². The molecule has 1 fully saturated rings. The van der Waals surface area contributed by atoms with Crippen LogP contribution in [0.3, 0.4) is 0 Å². The minimum Gasteiger partial charge on any atom is -0.441 e. The van der Waals surface area contributed by atoms with Gasteiger partial charge in [-0.3, -0.25) is 4.79 Å². The van der Waals surface area contributed by atoms with Gasteiger partial charge in [-0.2, -0.15) is 0 Å². The van der Waals surface area contributed by atoms with Gasteiger partial charge in [0, 0.05) is 30.5 Å². The molecular formula is C18H25Cl2N3O2. The van der Waals surface area contributed by atoms with Crippen molar-refractivity contribution in [1.29, 1.82) is 0 Å². The predicted molar refractivity (Wildman–Crippen MR) is 103 cm³/mol. The number of hydrogen-bond acceptors (Lipinski definition) is 4. The summed E-state index contributed by atoms with van der Waals surface area (Å²) in [6.07, 6.45) is 4.64. The van der Waals surface area contributed by atoms with Crippen LogP contribution in [0.1, 0.15) is 32.1 Å². The van der Waals surface area contributed by atoms with E-state index in [1.807, 2.05) is 30.3 Å². The van der Waals surface area contributed by atoms with E-state index in [9.17, 15) is 4.79 Å². The highest BCUT2D eigenvalue weighted by molar-refractivity contribution is 5.85. The van der Waals surface area contributed by atoms with Gasteiger partial charge in [-0.05, 0) is 26.3 Å². The van der Waals surface area contributed by atoms with E-state index in [0.29, 0.717) is 24.8 Å². The van der Waals surface area contributed by atoms with Crippen LogP contribution in [-0.2, 0) is 11.2 Å². The van der Waals surface area contributed by atoms with Crippen LogP contribution in [0.25, 0.3) is 11.3 Å². The van der Waals surface area contributed by atoms with Gasteiger partial charge in [-0.1, -0.05) is 30.3 Å². The Morgan fingerprint density at radius 3 is 2.80 bits per heavy atom. The average Bonchev–Trinajstić information content (AvgIpc) is 3.03. The maximum atomic E-state index is 12.1. The first-order chi connectivity index (χ1) is 11.2. The van der Waals surface area contributed by atoms with Gasteiger partial charge in [-0.15, -0.1) is 24.8 Å². The SMILES string of the molecule is CC1CC(NC(=O)CCc2ncc(-c3ccccc3)o2)CCN1.Cl.Cl. The minimum absolute atomic E-state index is 0. The average molecular weight is 386 g/mol. The number of nitrogens with one attached hydrogen (secondary N) is 2. The van der Waals surface area contributed by atoms with Gasteiger partial charge in [0.2, 0.25) is 5.91 Å². The maximum absolute atomic E-state index is 12.1. The Hall–Kier alpha value is -1.56. The topological polar surface area (TPSA) is 67.2 Å². The van der Waals surface area contributed by atoms with Crippen molar-refractivity contribution in [2.24, 2.45) is 0 Å². The Balaban J connectivity index is 0.00000156. The molecule has 1 amide bonds. The zero-order chi connectivity index (χ0) is 16.1. The number of benzene rings is 1. The number of halogens is 2. The summed E-state index contributed by atoms with van der Waals surface area (Å²) < 4.78 is 5.73. The molecule has 1 aromatic carbocycles. The van der Waals surface area contributed by atoms with Gasteiger partial charge in [0.15, 0.2) is 11.7 Å². The van der Waals surface area contributed by atoms with Gasteiger partial charge >= 0.3 is 0 Å². The van der Waals surface area contributed by atoms with E-state index >= 15 is 0 Å². The quantitative estimate of drug-likeness (QED) is 0.827. The number of rotatable bonds is 5. The Morgan fingerprint density at radius 1 is 1.32 bits per heavy atom. The summed E-state index contributed by atoms with van der Waals surface area (Å²) >= 11 is 0. The van der Waals surface area contributed by atoms with E-state index in [0.717, 1.165) is 30.7 Å². The summed E-state index contributed by atoms with van der Waals surface area (Å²) in [7, 11) is 0. The van der Waals surface area contributed by atoms with E-state index in [2.05, 4.69) is 22.5 Å². The van der Waals surface area contributed by atoms with E-state index in [4.69, 9.17) is 4.42 Å². The second-order valence-corrected chi connectivity index (χ2v) is 6.13. The van der Waals surface area contributed by atoms with Crippen LogP contribution in [-0.4, -0.2) is 29.5 Å². The van der Waals surface area contributed by atoms with Crippen molar-refractivity contribution in [3.63, 3.8) is 0 Å². The van der Waals surface area contributed by atoms with Crippen molar-refractivity contribution in [2.75, 3.05) is 6.54 Å². The van der Waals surface area contributed by atoms with Crippen LogP contribution < -0.4 is 10.6 Å². The van der Waals surface area contributed by atoms with Crippen LogP contribution in [0.2, 0.25) is 0 Å².